The van der Waals surface area contributed by atoms with Crippen LogP contribution in [0.5, 0.6) is 0 Å². The molecule has 0 radical (unpaired) electrons. The number of nitrogens with two attached hydrogens (primary N) is 1. The lowest BCUT2D eigenvalue weighted by atomic mass is 10.3. The maximum Gasteiger partial charge on any atom is 0.224 e. The fraction of sp³-hybridized carbons (Fsp3) is 0.545. The zero-order valence-corrected chi connectivity index (χ0v) is 11.2. The van der Waals surface area contributed by atoms with Crippen LogP contribution in [-0.4, -0.2) is 53.6 Å². The van der Waals surface area contributed by atoms with Crippen LogP contribution in [0.4, 0.5) is 11.8 Å². The summed E-state index contributed by atoms with van der Waals surface area (Å²) in [6, 6.07) is 1.57. The summed E-state index contributed by atoms with van der Waals surface area (Å²) < 4.78 is 5.19. The standard InChI is InChI=1S/C11H16ClN5O2/c12-8-7-9(16-11(13)15-8)14-2-1-10(18)17-3-5-19-6-4-17/h7H,1-6H2,(H3,13,14,15,16). The molecule has 0 aromatic carbocycles. The summed E-state index contributed by atoms with van der Waals surface area (Å²) in [7, 11) is 0. The summed E-state index contributed by atoms with van der Waals surface area (Å²) in [4.78, 5) is 21.4. The fourth-order valence-electron chi connectivity index (χ4n) is 1.79. The molecule has 104 valence electrons. The number of nitrogen functional groups attached to an aromatic ring is 1. The largest absolute Gasteiger partial charge is 0.378 e. The van der Waals surface area contributed by atoms with E-state index < -0.39 is 0 Å². The highest BCUT2D eigenvalue weighted by atomic mass is 35.5. The van der Waals surface area contributed by atoms with E-state index in [1.807, 2.05) is 0 Å². The first-order chi connectivity index (χ1) is 9.15. The Morgan fingerprint density at radius 3 is 2.89 bits per heavy atom. The predicted molar refractivity (Wildman–Crippen MR) is 72.0 cm³/mol. The number of aromatic nitrogens is 2. The molecule has 1 amide bonds. The number of morpholine rings is 1. The van der Waals surface area contributed by atoms with Gasteiger partial charge in [-0.05, 0) is 0 Å². The Kier molecular flexibility index (Phi) is 4.75. The van der Waals surface area contributed by atoms with Crippen LogP contribution in [0.2, 0.25) is 5.15 Å². The minimum Gasteiger partial charge on any atom is -0.378 e. The zero-order chi connectivity index (χ0) is 13.7. The van der Waals surface area contributed by atoms with Crippen LogP contribution < -0.4 is 11.1 Å². The molecule has 1 aromatic heterocycles. The number of nitrogens with one attached hydrogen (secondary N) is 1. The number of anilines is 2. The van der Waals surface area contributed by atoms with Gasteiger partial charge in [0.15, 0.2) is 0 Å². The van der Waals surface area contributed by atoms with Crippen LogP contribution >= 0.6 is 11.6 Å². The number of rotatable bonds is 4. The van der Waals surface area contributed by atoms with Crippen LogP contribution in [0.25, 0.3) is 0 Å². The van der Waals surface area contributed by atoms with Gasteiger partial charge in [-0.15, -0.1) is 0 Å². The van der Waals surface area contributed by atoms with E-state index in [1.165, 1.54) is 0 Å². The van der Waals surface area contributed by atoms with Crippen LogP contribution in [0.3, 0.4) is 0 Å². The molecule has 1 saturated heterocycles. The number of ether oxygens (including phenoxy) is 1. The molecular formula is C11H16ClN5O2. The molecule has 3 N–H and O–H groups in total. The third-order valence-corrected chi connectivity index (χ3v) is 2.91. The average Bonchev–Trinajstić information content (AvgIpc) is 2.38. The van der Waals surface area contributed by atoms with E-state index in [-0.39, 0.29) is 17.0 Å². The lowest BCUT2D eigenvalue weighted by molar-refractivity contribution is -0.134. The number of hydrogen-bond acceptors (Lipinski definition) is 6. The molecule has 0 unspecified atom stereocenters. The molecule has 0 aliphatic carbocycles. The minimum absolute atomic E-state index is 0.101. The molecule has 8 heteroatoms. The highest BCUT2D eigenvalue weighted by molar-refractivity contribution is 6.29. The van der Waals surface area contributed by atoms with E-state index in [2.05, 4.69) is 15.3 Å². The molecule has 0 atom stereocenters. The van der Waals surface area contributed by atoms with Gasteiger partial charge in [0.25, 0.3) is 0 Å². The van der Waals surface area contributed by atoms with Gasteiger partial charge in [0.1, 0.15) is 11.0 Å². The molecule has 1 aliphatic heterocycles. The Morgan fingerprint density at radius 2 is 2.21 bits per heavy atom. The van der Waals surface area contributed by atoms with Gasteiger partial charge in [-0.1, -0.05) is 11.6 Å². The number of nitrogens with zero attached hydrogens (tertiary/aromatic N) is 3. The maximum atomic E-state index is 11.9. The van der Waals surface area contributed by atoms with Gasteiger partial charge in [0, 0.05) is 32.1 Å². The number of halogens is 1. The second-order valence-electron chi connectivity index (χ2n) is 4.10. The molecule has 0 bridgehead atoms. The molecule has 19 heavy (non-hydrogen) atoms. The Labute approximate surface area is 116 Å². The number of carbonyl (C=O) groups excluding carboxylic acids is 1. The van der Waals surface area contributed by atoms with Gasteiger partial charge < -0.3 is 20.7 Å². The first-order valence-corrected chi connectivity index (χ1v) is 6.42. The van der Waals surface area contributed by atoms with E-state index in [4.69, 9.17) is 22.1 Å². The van der Waals surface area contributed by atoms with Gasteiger partial charge in [-0.3, -0.25) is 4.79 Å². The van der Waals surface area contributed by atoms with Crippen LogP contribution in [0.15, 0.2) is 6.07 Å². The van der Waals surface area contributed by atoms with Crippen molar-refractivity contribution in [2.24, 2.45) is 0 Å². The minimum atomic E-state index is 0.101. The fourth-order valence-corrected chi connectivity index (χ4v) is 1.98. The molecule has 2 rings (SSSR count). The number of carbonyl (C=O) groups is 1. The second kappa shape index (κ2) is 6.53. The van der Waals surface area contributed by atoms with E-state index in [9.17, 15) is 4.79 Å². The highest BCUT2D eigenvalue weighted by Gasteiger charge is 2.16. The Morgan fingerprint density at radius 1 is 1.47 bits per heavy atom. The normalized spacial score (nSPS) is 15.3. The van der Waals surface area contributed by atoms with Crippen molar-refractivity contribution in [1.82, 2.24) is 14.9 Å². The van der Waals surface area contributed by atoms with Gasteiger partial charge in [-0.25, -0.2) is 4.98 Å². The molecular weight excluding hydrogens is 270 g/mol. The lowest BCUT2D eigenvalue weighted by Crippen LogP contribution is -2.41. The summed E-state index contributed by atoms with van der Waals surface area (Å²) in [5.74, 6) is 0.728. The number of amides is 1. The lowest BCUT2D eigenvalue weighted by Gasteiger charge is -2.26. The van der Waals surface area contributed by atoms with Gasteiger partial charge in [-0.2, -0.15) is 4.98 Å². The average molecular weight is 286 g/mol. The van der Waals surface area contributed by atoms with E-state index >= 15 is 0 Å². The van der Waals surface area contributed by atoms with Crippen molar-refractivity contribution in [2.45, 2.75) is 6.42 Å². The summed E-state index contributed by atoms with van der Waals surface area (Å²) in [6.45, 7) is 3.01. The molecule has 1 fully saturated rings. The smallest absolute Gasteiger partial charge is 0.224 e. The SMILES string of the molecule is Nc1nc(Cl)cc(NCCC(=O)N2CCOCC2)n1. The molecule has 2 heterocycles. The topological polar surface area (TPSA) is 93.4 Å². The van der Waals surface area contributed by atoms with Crippen LogP contribution in [0, 0.1) is 0 Å². The second-order valence-corrected chi connectivity index (χ2v) is 4.49. The Balaban J connectivity index is 1.77. The summed E-state index contributed by atoms with van der Waals surface area (Å²) in [6.07, 6.45) is 0.390. The predicted octanol–water partition coefficient (Wildman–Crippen LogP) is 0.373. The van der Waals surface area contributed by atoms with Gasteiger partial charge in [0.2, 0.25) is 11.9 Å². The van der Waals surface area contributed by atoms with Crippen molar-refractivity contribution in [3.05, 3.63) is 11.2 Å². The molecule has 1 aromatic rings. The van der Waals surface area contributed by atoms with Crippen LogP contribution in [-0.2, 0) is 9.53 Å². The quantitative estimate of drug-likeness (QED) is 0.777. The number of hydrogen-bond donors (Lipinski definition) is 2. The van der Waals surface area contributed by atoms with Gasteiger partial charge in [0.05, 0.1) is 13.2 Å². The zero-order valence-electron chi connectivity index (χ0n) is 10.4. The monoisotopic (exact) mass is 285 g/mol. The van der Waals surface area contributed by atoms with Crippen molar-refractivity contribution in [1.29, 1.82) is 0 Å². The summed E-state index contributed by atoms with van der Waals surface area (Å²) >= 11 is 5.75. The molecule has 0 saturated carbocycles. The third-order valence-electron chi connectivity index (χ3n) is 2.72. The van der Waals surface area contributed by atoms with Crippen molar-refractivity contribution in [3.63, 3.8) is 0 Å². The molecule has 7 nitrogen and oxygen atoms in total. The summed E-state index contributed by atoms with van der Waals surface area (Å²) in [5.41, 5.74) is 5.47. The Hall–Kier alpha value is -1.60. The van der Waals surface area contributed by atoms with Crippen molar-refractivity contribution < 1.29 is 9.53 Å². The van der Waals surface area contributed by atoms with Crippen molar-refractivity contribution in [2.75, 3.05) is 43.9 Å². The molecule has 0 spiro atoms. The van der Waals surface area contributed by atoms with E-state index in [0.717, 1.165) is 0 Å². The van der Waals surface area contributed by atoms with Crippen molar-refractivity contribution >= 4 is 29.3 Å². The highest BCUT2D eigenvalue weighted by Crippen LogP contribution is 2.12. The Bertz CT molecular complexity index is 430. The van der Waals surface area contributed by atoms with Crippen LogP contribution in [0.1, 0.15) is 6.42 Å². The third kappa shape index (κ3) is 4.22. The van der Waals surface area contributed by atoms with Crippen molar-refractivity contribution in [3.8, 4) is 0 Å². The first kappa shape index (κ1) is 13.8. The van der Waals surface area contributed by atoms with E-state index in [1.54, 1.807) is 11.0 Å². The summed E-state index contributed by atoms with van der Waals surface area (Å²) in [5, 5.41) is 3.27. The molecule has 1 aliphatic rings. The maximum absolute atomic E-state index is 11.9. The van der Waals surface area contributed by atoms with E-state index in [0.29, 0.717) is 45.1 Å². The van der Waals surface area contributed by atoms with Gasteiger partial charge >= 0.3 is 0 Å². The first-order valence-electron chi connectivity index (χ1n) is 6.04.